The molecule has 11 heavy (non-hydrogen) atoms. The molecule has 2 unspecified atom stereocenters. The van der Waals surface area contributed by atoms with Gasteiger partial charge in [-0.1, -0.05) is 25.7 Å². The van der Waals surface area contributed by atoms with Gasteiger partial charge in [-0.05, 0) is 0 Å². The maximum Gasteiger partial charge on any atom is 0 e. The number of hydrogen-bond acceptors (Lipinski definition) is 0. The van der Waals surface area contributed by atoms with Crippen LogP contribution in [0.15, 0.2) is 0 Å². The van der Waals surface area contributed by atoms with Gasteiger partial charge in [0.1, 0.15) is 0 Å². The first-order valence-corrected chi connectivity index (χ1v) is 4.63. The van der Waals surface area contributed by atoms with Crippen LogP contribution in [0.1, 0.15) is 38.5 Å². The van der Waals surface area contributed by atoms with Gasteiger partial charge in [0.15, 0.2) is 0 Å². The van der Waals surface area contributed by atoms with Gasteiger partial charge in [-0.25, -0.2) is 0 Å². The van der Waals surface area contributed by atoms with Crippen LogP contribution in [-0.4, -0.2) is 0 Å². The Morgan fingerprint density at radius 3 is 1.55 bits per heavy atom. The Labute approximate surface area is 95.4 Å². The Morgan fingerprint density at radius 1 is 0.818 bits per heavy atom. The fourth-order valence-electron chi connectivity index (χ4n) is 2.38. The van der Waals surface area contributed by atoms with E-state index in [1.165, 1.54) is 38.5 Å². The number of rotatable bonds is 1. The van der Waals surface area contributed by atoms with E-state index in [0.717, 1.165) is 11.8 Å². The molecule has 0 aromatic heterocycles. The van der Waals surface area contributed by atoms with Crippen molar-refractivity contribution < 1.29 is 32.7 Å². The van der Waals surface area contributed by atoms with Crippen LogP contribution >= 0.6 is 0 Å². The first-order valence-electron chi connectivity index (χ1n) is 4.63. The van der Waals surface area contributed by atoms with Crippen molar-refractivity contribution in [2.24, 2.45) is 11.8 Å². The quantitative estimate of drug-likeness (QED) is 0.602. The van der Waals surface area contributed by atoms with Gasteiger partial charge in [0, 0.05) is 32.7 Å². The van der Waals surface area contributed by atoms with Gasteiger partial charge in [0.05, 0.1) is 0 Å². The zero-order valence-electron chi connectivity index (χ0n) is 7.13. The van der Waals surface area contributed by atoms with Crippen LogP contribution in [0.4, 0.5) is 0 Å². The summed E-state index contributed by atoms with van der Waals surface area (Å²) in [5, 5.41) is 0. The van der Waals surface area contributed by atoms with E-state index in [-0.39, 0.29) is 32.7 Å². The third kappa shape index (κ3) is 2.52. The summed E-state index contributed by atoms with van der Waals surface area (Å²) in [6.07, 6.45) is 13.7. The Kier molecular flexibility index (Phi) is 4.60. The monoisotopic (exact) mass is 225 g/mol. The topological polar surface area (TPSA) is 0 Å². The van der Waals surface area contributed by atoms with Crippen molar-refractivity contribution in [2.45, 2.75) is 38.5 Å². The second-order valence-electron chi connectivity index (χ2n) is 3.66. The molecule has 2 saturated carbocycles. The summed E-state index contributed by atoms with van der Waals surface area (Å²) >= 11 is 0. The van der Waals surface area contributed by atoms with E-state index in [9.17, 15) is 0 Å². The minimum absolute atomic E-state index is 0. The molecule has 0 saturated heterocycles. The van der Waals surface area contributed by atoms with Gasteiger partial charge >= 0.3 is 0 Å². The van der Waals surface area contributed by atoms with Gasteiger partial charge in [0.2, 0.25) is 0 Å². The van der Waals surface area contributed by atoms with Crippen molar-refractivity contribution in [2.75, 3.05) is 0 Å². The number of hydrogen-bond donors (Lipinski definition) is 0. The summed E-state index contributed by atoms with van der Waals surface area (Å²) in [5.74, 6) is 1.95. The van der Waals surface area contributed by atoms with E-state index in [4.69, 9.17) is 0 Å². The fraction of sp³-hybridized carbons (Fsp3) is 0.800. The van der Waals surface area contributed by atoms with Crippen LogP contribution in [-0.2, 0) is 32.7 Å². The van der Waals surface area contributed by atoms with Crippen LogP contribution in [0, 0.1) is 24.7 Å². The summed E-state index contributed by atoms with van der Waals surface area (Å²) in [6, 6.07) is 0. The van der Waals surface area contributed by atoms with Crippen LogP contribution in [0.25, 0.3) is 0 Å². The Bertz CT molecular complexity index is 85.4. The molecule has 0 amide bonds. The first kappa shape index (κ1) is 10.2. The van der Waals surface area contributed by atoms with Gasteiger partial charge in [-0.15, -0.1) is 0 Å². The Hall–Kier alpha value is 1.10. The van der Waals surface area contributed by atoms with Gasteiger partial charge in [-0.2, -0.15) is 24.7 Å². The molecule has 1 heteroatoms. The third-order valence-corrected chi connectivity index (χ3v) is 2.97. The molecule has 0 heterocycles. The average Bonchev–Trinajstić information content (AvgIpc) is 2.59. The maximum atomic E-state index is 2.55. The molecule has 61 valence electrons. The van der Waals surface area contributed by atoms with Crippen molar-refractivity contribution in [3.8, 4) is 0 Å². The average molecular weight is 225 g/mol. The van der Waals surface area contributed by atoms with Gasteiger partial charge in [-0.3, -0.25) is 0 Å². The van der Waals surface area contributed by atoms with E-state index in [1.54, 1.807) is 0 Å². The van der Waals surface area contributed by atoms with Crippen molar-refractivity contribution >= 4 is 0 Å². The van der Waals surface area contributed by atoms with E-state index in [2.05, 4.69) is 12.8 Å². The molecular weight excluding hydrogens is 209 g/mol. The van der Waals surface area contributed by atoms with Crippen LogP contribution in [0.5, 0.6) is 0 Å². The van der Waals surface area contributed by atoms with Gasteiger partial charge in [0.25, 0.3) is 0 Å². The smallest absolute Gasteiger partial charge is 0 e. The standard InChI is InChI=1S/C10H16.Y/c1-2-6-9(5-1)10-7-3-4-8-10;/h5,7,9-10H,1-4,6,8H2;/q-2;. The van der Waals surface area contributed by atoms with E-state index in [1.807, 2.05) is 0 Å². The fourth-order valence-corrected chi connectivity index (χ4v) is 2.38. The van der Waals surface area contributed by atoms with E-state index >= 15 is 0 Å². The molecule has 0 nitrogen and oxygen atoms in total. The third-order valence-electron chi connectivity index (χ3n) is 2.97. The summed E-state index contributed by atoms with van der Waals surface area (Å²) in [6.45, 7) is 0. The molecule has 0 N–H and O–H groups in total. The van der Waals surface area contributed by atoms with Crippen molar-refractivity contribution in [1.82, 2.24) is 0 Å². The zero-order chi connectivity index (χ0) is 6.81. The summed E-state index contributed by atoms with van der Waals surface area (Å²) in [7, 11) is 0. The van der Waals surface area contributed by atoms with Gasteiger partial charge < -0.3 is 12.8 Å². The normalized spacial score (nSPS) is 37.1. The molecule has 2 aliphatic carbocycles. The van der Waals surface area contributed by atoms with Crippen LogP contribution in [0.3, 0.4) is 0 Å². The van der Waals surface area contributed by atoms with E-state index < -0.39 is 0 Å². The second-order valence-corrected chi connectivity index (χ2v) is 3.66. The van der Waals surface area contributed by atoms with Crippen molar-refractivity contribution in [3.05, 3.63) is 12.8 Å². The predicted molar refractivity (Wildman–Crippen MR) is 43.3 cm³/mol. The molecule has 2 fully saturated rings. The molecular formula is C10H16Y-2. The Balaban J connectivity index is 0.000000605. The molecule has 2 rings (SSSR count). The minimum atomic E-state index is 0. The predicted octanol–water partition coefficient (Wildman–Crippen LogP) is 2.99. The molecule has 0 aromatic rings. The largest absolute Gasteiger partial charge is 0.328 e. The minimum Gasteiger partial charge on any atom is -0.328 e. The van der Waals surface area contributed by atoms with Crippen molar-refractivity contribution in [3.63, 3.8) is 0 Å². The first-order chi connectivity index (χ1) is 4.97. The van der Waals surface area contributed by atoms with Crippen LogP contribution < -0.4 is 0 Å². The summed E-state index contributed by atoms with van der Waals surface area (Å²) in [4.78, 5) is 0. The summed E-state index contributed by atoms with van der Waals surface area (Å²) in [5.41, 5.74) is 0. The van der Waals surface area contributed by atoms with E-state index in [0.29, 0.717) is 0 Å². The molecule has 0 aliphatic heterocycles. The Morgan fingerprint density at radius 2 is 1.27 bits per heavy atom. The second kappa shape index (κ2) is 4.97. The molecule has 0 spiro atoms. The summed E-state index contributed by atoms with van der Waals surface area (Å²) < 4.78 is 0. The van der Waals surface area contributed by atoms with Crippen molar-refractivity contribution in [1.29, 1.82) is 0 Å². The zero-order valence-corrected chi connectivity index (χ0v) is 9.97. The molecule has 0 aromatic carbocycles. The molecule has 2 atom stereocenters. The molecule has 0 bridgehead atoms. The maximum absolute atomic E-state index is 2.55. The SMILES string of the molecule is [CH-]1CCCC1C1[CH-]CCC1.[Y]. The van der Waals surface area contributed by atoms with Crippen LogP contribution in [0.2, 0.25) is 0 Å². The molecule has 2 aliphatic rings. The molecule has 1 radical (unpaired) electrons.